The van der Waals surface area contributed by atoms with Crippen LogP contribution in [-0.2, 0) is 13.0 Å². The number of methoxy groups -OCH3 is 1. The molecule has 6 nitrogen and oxygen atoms in total. The van der Waals surface area contributed by atoms with E-state index in [1.54, 1.807) is 7.11 Å². The van der Waals surface area contributed by atoms with Crippen LogP contribution in [0.5, 0.6) is 17.4 Å². The highest BCUT2D eigenvalue weighted by molar-refractivity contribution is 5.44. The van der Waals surface area contributed by atoms with Gasteiger partial charge in [-0.15, -0.1) is 0 Å². The summed E-state index contributed by atoms with van der Waals surface area (Å²) in [6.07, 6.45) is 0.131. The maximum atomic E-state index is 10.9. The third kappa shape index (κ3) is 6.33. The topological polar surface area (TPSA) is 59.8 Å². The van der Waals surface area contributed by atoms with Crippen LogP contribution in [0.4, 0.5) is 0 Å². The SMILES string of the molecule is COc1ccc(Oc2c(CN(CC(O)Cc3ccccc3)C(C)C)c(C)nn2-c2ccccc2)cc1. The van der Waals surface area contributed by atoms with Crippen LogP contribution in [0.1, 0.15) is 30.7 Å². The molecule has 0 spiro atoms. The number of aryl methyl sites for hydroxylation is 1. The molecule has 1 heterocycles. The number of ether oxygens (including phenoxy) is 2. The van der Waals surface area contributed by atoms with E-state index in [1.165, 1.54) is 0 Å². The van der Waals surface area contributed by atoms with Crippen LogP contribution in [0, 0.1) is 6.92 Å². The Labute approximate surface area is 213 Å². The zero-order valence-corrected chi connectivity index (χ0v) is 21.5. The summed E-state index contributed by atoms with van der Waals surface area (Å²) in [4.78, 5) is 2.27. The summed E-state index contributed by atoms with van der Waals surface area (Å²) in [6, 6.07) is 27.9. The lowest BCUT2D eigenvalue weighted by Gasteiger charge is -2.29. The number of benzene rings is 3. The monoisotopic (exact) mass is 485 g/mol. The van der Waals surface area contributed by atoms with Gasteiger partial charge in [-0.05, 0) is 69.2 Å². The van der Waals surface area contributed by atoms with Gasteiger partial charge in [0.05, 0.1) is 30.2 Å². The number of hydrogen-bond acceptors (Lipinski definition) is 5. The molecule has 0 saturated carbocycles. The molecule has 0 radical (unpaired) electrons. The molecular weight excluding hydrogens is 450 g/mol. The van der Waals surface area contributed by atoms with Gasteiger partial charge in [-0.3, -0.25) is 4.90 Å². The van der Waals surface area contributed by atoms with E-state index in [9.17, 15) is 5.11 Å². The summed E-state index contributed by atoms with van der Waals surface area (Å²) in [7, 11) is 1.65. The Morgan fingerprint density at radius 1 is 0.889 bits per heavy atom. The average molecular weight is 486 g/mol. The Morgan fingerprint density at radius 3 is 2.11 bits per heavy atom. The molecule has 0 saturated heterocycles. The van der Waals surface area contributed by atoms with Crippen molar-refractivity contribution in [2.45, 2.75) is 45.9 Å². The van der Waals surface area contributed by atoms with Gasteiger partial charge in [0.2, 0.25) is 5.88 Å². The largest absolute Gasteiger partial charge is 0.497 e. The molecule has 1 N–H and O–H groups in total. The number of aliphatic hydroxyl groups is 1. The van der Waals surface area contributed by atoms with Gasteiger partial charge in [-0.25, -0.2) is 4.68 Å². The van der Waals surface area contributed by atoms with E-state index in [1.807, 2.05) is 84.4 Å². The molecule has 1 atom stereocenters. The number of aliphatic hydroxyl groups excluding tert-OH is 1. The molecule has 36 heavy (non-hydrogen) atoms. The highest BCUT2D eigenvalue weighted by Crippen LogP contribution is 2.32. The van der Waals surface area contributed by atoms with Crippen molar-refractivity contribution in [3.63, 3.8) is 0 Å². The van der Waals surface area contributed by atoms with Crippen LogP contribution in [0.25, 0.3) is 5.69 Å². The fraction of sp³-hybridized carbons (Fsp3) is 0.300. The van der Waals surface area contributed by atoms with Gasteiger partial charge in [0.25, 0.3) is 0 Å². The normalized spacial score (nSPS) is 12.2. The number of hydrogen-bond donors (Lipinski definition) is 1. The van der Waals surface area contributed by atoms with E-state index in [2.05, 4.69) is 30.9 Å². The summed E-state index contributed by atoms with van der Waals surface area (Å²) in [5.41, 5.74) is 3.95. The molecule has 4 aromatic rings. The second-order valence-corrected chi connectivity index (χ2v) is 9.26. The van der Waals surface area contributed by atoms with Gasteiger partial charge in [-0.2, -0.15) is 5.10 Å². The molecule has 0 aliphatic carbocycles. The van der Waals surface area contributed by atoms with Crippen LogP contribution in [0.2, 0.25) is 0 Å². The second kappa shape index (κ2) is 11.9. The fourth-order valence-corrected chi connectivity index (χ4v) is 4.21. The average Bonchev–Trinajstić information content (AvgIpc) is 3.19. The van der Waals surface area contributed by atoms with Gasteiger partial charge in [0.1, 0.15) is 11.5 Å². The summed E-state index contributed by atoms with van der Waals surface area (Å²) in [5, 5.41) is 15.7. The van der Waals surface area contributed by atoms with Crippen LogP contribution in [0.3, 0.4) is 0 Å². The zero-order chi connectivity index (χ0) is 25.5. The van der Waals surface area contributed by atoms with E-state index >= 15 is 0 Å². The van der Waals surface area contributed by atoms with Crippen molar-refractivity contribution in [1.29, 1.82) is 0 Å². The van der Waals surface area contributed by atoms with E-state index < -0.39 is 6.10 Å². The minimum absolute atomic E-state index is 0.226. The Kier molecular flexibility index (Phi) is 8.41. The molecule has 188 valence electrons. The summed E-state index contributed by atoms with van der Waals surface area (Å²) < 4.78 is 13.6. The van der Waals surface area contributed by atoms with Gasteiger partial charge >= 0.3 is 0 Å². The minimum atomic E-state index is -0.481. The van der Waals surface area contributed by atoms with Crippen molar-refractivity contribution < 1.29 is 14.6 Å². The Balaban J connectivity index is 1.63. The first-order chi connectivity index (χ1) is 17.4. The second-order valence-electron chi connectivity index (χ2n) is 9.26. The maximum Gasteiger partial charge on any atom is 0.227 e. The van der Waals surface area contributed by atoms with Crippen LogP contribution in [0.15, 0.2) is 84.9 Å². The fourth-order valence-electron chi connectivity index (χ4n) is 4.21. The molecule has 0 amide bonds. The van der Waals surface area contributed by atoms with Crippen LogP contribution >= 0.6 is 0 Å². The number of aromatic nitrogens is 2. The lowest BCUT2D eigenvalue weighted by Crippen LogP contribution is -2.38. The zero-order valence-electron chi connectivity index (χ0n) is 21.5. The predicted octanol–water partition coefficient (Wildman–Crippen LogP) is 5.80. The van der Waals surface area contributed by atoms with Gasteiger partial charge < -0.3 is 14.6 Å². The molecule has 0 aliphatic rings. The van der Waals surface area contributed by atoms with E-state index in [0.717, 1.165) is 28.3 Å². The van der Waals surface area contributed by atoms with Gasteiger partial charge in [0, 0.05) is 19.1 Å². The van der Waals surface area contributed by atoms with Crippen molar-refractivity contribution in [3.05, 3.63) is 102 Å². The first-order valence-corrected chi connectivity index (χ1v) is 12.4. The van der Waals surface area contributed by atoms with Crippen molar-refractivity contribution in [3.8, 4) is 23.1 Å². The molecule has 6 heteroatoms. The van der Waals surface area contributed by atoms with E-state index in [-0.39, 0.29) is 6.04 Å². The summed E-state index contributed by atoms with van der Waals surface area (Å²) in [5.74, 6) is 2.15. The number of para-hydroxylation sites is 1. The lowest BCUT2D eigenvalue weighted by atomic mass is 10.1. The third-order valence-electron chi connectivity index (χ3n) is 6.26. The molecule has 0 bridgehead atoms. The third-order valence-corrected chi connectivity index (χ3v) is 6.26. The number of nitrogens with zero attached hydrogens (tertiary/aromatic N) is 3. The van der Waals surface area contributed by atoms with E-state index in [4.69, 9.17) is 14.6 Å². The molecule has 4 rings (SSSR count). The van der Waals surface area contributed by atoms with Crippen molar-refractivity contribution in [2.24, 2.45) is 0 Å². The van der Waals surface area contributed by atoms with Crippen molar-refractivity contribution in [2.75, 3.05) is 13.7 Å². The maximum absolute atomic E-state index is 10.9. The highest BCUT2D eigenvalue weighted by atomic mass is 16.5. The summed E-state index contributed by atoms with van der Waals surface area (Å²) in [6.45, 7) is 7.46. The quantitative estimate of drug-likeness (QED) is 0.291. The van der Waals surface area contributed by atoms with Crippen LogP contribution < -0.4 is 9.47 Å². The molecule has 1 unspecified atom stereocenters. The Bertz CT molecular complexity index is 1220. The van der Waals surface area contributed by atoms with Gasteiger partial charge in [0.15, 0.2) is 0 Å². The first kappa shape index (κ1) is 25.5. The lowest BCUT2D eigenvalue weighted by molar-refractivity contribution is 0.0902. The smallest absolute Gasteiger partial charge is 0.227 e. The Morgan fingerprint density at radius 2 is 1.50 bits per heavy atom. The standard InChI is InChI=1S/C30H35N3O3/c1-22(2)32(20-26(34)19-24-11-7-5-8-12-24)21-29-23(3)31-33(25-13-9-6-10-14-25)30(29)36-28-17-15-27(35-4)16-18-28/h5-18,22,26,34H,19-21H2,1-4H3. The van der Waals surface area contributed by atoms with Crippen molar-refractivity contribution >= 4 is 0 Å². The van der Waals surface area contributed by atoms with E-state index in [0.29, 0.717) is 31.1 Å². The molecule has 3 aromatic carbocycles. The van der Waals surface area contributed by atoms with Crippen molar-refractivity contribution in [1.82, 2.24) is 14.7 Å². The molecular formula is C30H35N3O3. The number of rotatable bonds is 11. The first-order valence-electron chi connectivity index (χ1n) is 12.4. The summed E-state index contributed by atoms with van der Waals surface area (Å²) >= 11 is 0. The van der Waals surface area contributed by atoms with Gasteiger partial charge in [-0.1, -0.05) is 48.5 Å². The highest BCUT2D eigenvalue weighted by Gasteiger charge is 2.24. The van der Waals surface area contributed by atoms with Crippen LogP contribution in [-0.4, -0.2) is 45.6 Å². The molecule has 0 aliphatic heterocycles. The molecule has 0 fully saturated rings. The Hall–Kier alpha value is -3.61. The molecule has 1 aromatic heterocycles. The predicted molar refractivity (Wildman–Crippen MR) is 143 cm³/mol. The minimum Gasteiger partial charge on any atom is -0.497 e.